The average molecular weight is 328 g/mol. The fourth-order valence-electron chi connectivity index (χ4n) is 1.20. The van der Waals surface area contributed by atoms with Crippen molar-refractivity contribution in [1.29, 1.82) is 0 Å². The molecular formula is C10H11Cl2NO5S. The smallest absolute Gasteiger partial charge is 0.339 e. The molecule has 0 aliphatic rings. The molecule has 0 aliphatic carbocycles. The highest BCUT2D eigenvalue weighted by Gasteiger charge is 2.20. The molecule has 0 spiro atoms. The number of hydrogen-bond acceptors (Lipinski definition) is 5. The van der Waals surface area contributed by atoms with Gasteiger partial charge in [-0.2, -0.15) is 0 Å². The van der Waals surface area contributed by atoms with Crippen molar-refractivity contribution in [2.75, 3.05) is 20.3 Å². The van der Waals surface area contributed by atoms with Gasteiger partial charge >= 0.3 is 5.97 Å². The fourth-order valence-corrected chi connectivity index (χ4v) is 2.59. The lowest BCUT2D eigenvalue weighted by atomic mass is 10.2. The van der Waals surface area contributed by atoms with Gasteiger partial charge in [0, 0.05) is 7.11 Å². The SMILES string of the molecule is COCCOC(=O)c1cc(S(N)(=O)=O)c(Cl)cc1Cl. The lowest BCUT2D eigenvalue weighted by Gasteiger charge is -2.08. The van der Waals surface area contributed by atoms with Gasteiger partial charge in [0.25, 0.3) is 0 Å². The predicted molar refractivity (Wildman–Crippen MR) is 70.0 cm³/mol. The van der Waals surface area contributed by atoms with Crippen molar-refractivity contribution >= 4 is 39.2 Å². The number of methoxy groups -OCH3 is 1. The second-order valence-corrected chi connectivity index (χ2v) is 5.78. The monoisotopic (exact) mass is 327 g/mol. The topological polar surface area (TPSA) is 95.7 Å². The molecule has 0 unspecified atom stereocenters. The third-order valence-corrected chi connectivity index (χ3v) is 3.76. The van der Waals surface area contributed by atoms with Crippen LogP contribution < -0.4 is 5.14 Å². The van der Waals surface area contributed by atoms with Gasteiger partial charge in [-0.3, -0.25) is 0 Å². The summed E-state index contributed by atoms with van der Waals surface area (Å²) in [5.74, 6) is -0.788. The first-order valence-electron chi connectivity index (χ1n) is 4.95. The minimum absolute atomic E-state index is 0.0129. The maximum absolute atomic E-state index is 11.7. The molecule has 106 valence electrons. The highest BCUT2D eigenvalue weighted by molar-refractivity contribution is 7.89. The molecule has 0 heterocycles. The number of benzene rings is 1. The molecule has 0 bridgehead atoms. The van der Waals surface area contributed by atoms with Crippen molar-refractivity contribution in [3.8, 4) is 0 Å². The van der Waals surface area contributed by atoms with E-state index < -0.39 is 20.9 Å². The first-order valence-corrected chi connectivity index (χ1v) is 7.25. The van der Waals surface area contributed by atoms with E-state index in [0.717, 1.165) is 12.1 Å². The van der Waals surface area contributed by atoms with Crippen molar-refractivity contribution in [3.63, 3.8) is 0 Å². The van der Waals surface area contributed by atoms with Crippen LogP contribution in [0, 0.1) is 0 Å². The van der Waals surface area contributed by atoms with Crippen molar-refractivity contribution < 1.29 is 22.7 Å². The van der Waals surface area contributed by atoms with Gasteiger partial charge in [0.05, 0.1) is 22.2 Å². The molecular weight excluding hydrogens is 317 g/mol. The van der Waals surface area contributed by atoms with Gasteiger partial charge in [0.1, 0.15) is 11.5 Å². The summed E-state index contributed by atoms with van der Waals surface area (Å²) in [5, 5.41) is 4.78. The molecule has 6 nitrogen and oxygen atoms in total. The molecule has 1 aromatic rings. The Hall–Kier alpha value is -0.860. The Morgan fingerprint density at radius 2 is 1.89 bits per heavy atom. The molecule has 1 rings (SSSR count). The third kappa shape index (κ3) is 4.32. The summed E-state index contributed by atoms with van der Waals surface area (Å²) < 4.78 is 32.1. The maximum Gasteiger partial charge on any atom is 0.339 e. The van der Waals surface area contributed by atoms with Crippen LogP contribution in [0.25, 0.3) is 0 Å². The zero-order chi connectivity index (χ0) is 14.6. The number of carbonyl (C=O) groups is 1. The van der Waals surface area contributed by atoms with Crippen LogP contribution in [0.2, 0.25) is 10.0 Å². The zero-order valence-corrected chi connectivity index (χ0v) is 12.2. The molecule has 0 fully saturated rings. The quantitative estimate of drug-likeness (QED) is 0.652. The van der Waals surface area contributed by atoms with E-state index in [1.807, 2.05) is 0 Å². The Labute approximate surface area is 120 Å². The zero-order valence-electron chi connectivity index (χ0n) is 9.85. The molecule has 19 heavy (non-hydrogen) atoms. The number of hydrogen-bond donors (Lipinski definition) is 1. The summed E-state index contributed by atoms with van der Waals surface area (Å²) >= 11 is 11.5. The number of ether oxygens (including phenoxy) is 2. The molecule has 0 radical (unpaired) electrons. The van der Waals surface area contributed by atoms with Crippen LogP contribution in [0.5, 0.6) is 0 Å². The van der Waals surface area contributed by atoms with Crippen molar-refractivity contribution in [2.24, 2.45) is 5.14 Å². The van der Waals surface area contributed by atoms with E-state index >= 15 is 0 Å². The number of halogens is 2. The van der Waals surface area contributed by atoms with Crippen LogP contribution in [0.4, 0.5) is 0 Å². The molecule has 0 saturated carbocycles. The highest BCUT2D eigenvalue weighted by Crippen LogP contribution is 2.28. The Morgan fingerprint density at radius 3 is 2.42 bits per heavy atom. The normalized spacial score (nSPS) is 11.4. The van der Waals surface area contributed by atoms with Crippen LogP contribution in [-0.2, 0) is 19.5 Å². The van der Waals surface area contributed by atoms with Crippen LogP contribution in [0.15, 0.2) is 17.0 Å². The number of nitrogens with two attached hydrogens (primary N) is 1. The van der Waals surface area contributed by atoms with Crippen LogP contribution in [-0.4, -0.2) is 34.7 Å². The van der Waals surface area contributed by atoms with E-state index in [1.54, 1.807) is 0 Å². The van der Waals surface area contributed by atoms with Gasteiger partial charge in [0.15, 0.2) is 0 Å². The summed E-state index contributed by atoms with van der Waals surface area (Å²) in [4.78, 5) is 11.3. The minimum Gasteiger partial charge on any atom is -0.460 e. The van der Waals surface area contributed by atoms with Crippen molar-refractivity contribution in [3.05, 3.63) is 27.7 Å². The van der Waals surface area contributed by atoms with Gasteiger partial charge in [-0.15, -0.1) is 0 Å². The predicted octanol–water partition coefficient (Wildman–Crippen LogP) is 1.44. The van der Waals surface area contributed by atoms with E-state index in [1.165, 1.54) is 7.11 Å². The lowest BCUT2D eigenvalue weighted by Crippen LogP contribution is -2.15. The standard InChI is InChI=1S/C10H11Cl2NO5S/c1-17-2-3-18-10(14)6-4-9(19(13,15)16)8(12)5-7(6)11/h4-5H,2-3H2,1H3,(H2,13,15,16). The maximum atomic E-state index is 11.7. The molecule has 0 saturated heterocycles. The molecule has 1 aromatic carbocycles. The molecule has 2 N–H and O–H groups in total. The molecule has 0 aromatic heterocycles. The van der Waals surface area contributed by atoms with Crippen LogP contribution >= 0.6 is 23.2 Å². The molecule has 0 atom stereocenters. The average Bonchev–Trinajstić information content (AvgIpc) is 2.27. The van der Waals surface area contributed by atoms with Gasteiger partial charge in [0.2, 0.25) is 10.0 Å². The number of carbonyl (C=O) groups excluding carboxylic acids is 1. The van der Waals surface area contributed by atoms with E-state index in [2.05, 4.69) is 0 Å². The summed E-state index contributed by atoms with van der Waals surface area (Å²) in [7, 11) is -2.61. The Balaban J connectivity index is 3.11. The van der Waals surface area contributed by atoms with Gasteiger partial charge in [-0.05, 0) is 12.1 Å². The first kappa shape index (κ1) is 16.2. The van der Waals surface area contributed by atoms with Crippen LogP contribution in [0.3, 0.4) is 0 Å². The van der Waals surface area contributed by atoms with E-state index in [9.17, 15) is 13.2 Å². The van der Waals surface area contributed by atoms with E-state index in [-0.39, 0.29) is 28.8 Å². The lowest BCUT2D eigenvalue weighted by molar-refractivity contribution is 0.0388. The Morgan fingerprint density at radius 1 is 1.26 bits per heavy atom. The van der Waals surface area contributed by atoms with Crippen molar-refractivity contribution in [1.82, 2.24) is 0 Å². The summed E-state index contributed by atoms with van der Waals surface area (Å²) in [6.07, 6.45) is 0. The Kier molecular flexibility index (Phi) is 5.57. The molecule has 9 heteroatoms. The second-order valence-electron chi connectivity index (χ2n) is 3.44. The highest BCUT2D eigenvalue weighted by atomic mass is 35.5. The molecule has 0 amide bonds. The number of esters is 1. The van der Waals surface area contributed by atoms with Crippen LogP contribution in [0.1, 0.15) is 10.4 Å². The van der Waals surface area contributed by atoms with Gasteiger partial charge < -0.3 is 9.47 Å². The third-order valence-electron chi connectivity index (χ3n) is 2.07. The number of sulfonamides is 1. The van der Waals surface area contributed by atoms with E-state index in [0.29, 0.717) is 0 Å². The summed E-state index contributed by atoms with van der Waals surface area (Å²) in [6.45, 7) is 0.220. The minimum atomic E-state index is -4.05. The van der Waals surface area contributed by atoms with Crippen molar-refractivity contribution in [2.45, 2.75) is 4.90 Å². The molecule has 0 aliphatic heterocycles. The summed E-state index contributed by atoms with van der Waals surface area (Å²) in [6, 6.07) is 2.10. The number of rotatable bonds is 5. The summed E-state index contributed by atoms with van der Waals surface area (Å²) in [5.41, 5.74) is -0.133. The fraction of sp³-hybridized carbons (Fsp3) is 0.300. The Bertz CT molecular complexity index is 588. The second kappa shape index (κ2) is 6.53. The largest absolute Gasteiger partial charge is 0.460 e. The van der Waals surface area contributed by atoms with Gasteiger partial charge in [-0.25, -0.2) is 18.4 Å². The first-order chi connectivity index (χ1) is 8.77. The van der Waals surface area contributed by atoms with E-state index in [4.69, 9.17) is 37.8 Å². The number of primary sulfonamides is 1. The van der Waals surface area contributed by atoms with Gasteiger partial charge in [-0.1, -0.05) is 23.2 Å².